The molecule has 1 fully saturated rings. The maximum Gasteiger partial charge on any atom is 0.270 e. The minimum absolute atomic E-state index is 0.00497. The van der Waals surface area contributed by atoms with Crippen LogP contribution in [0.2, 0.25) is 0 Å². The van der Waals surface area contributed by atoms with Crippen LogP contribution in [-0.2, 0) is 9.84 Å². The Morgan fingerprint density at radius 2 is 2.00 bits per heavy atom. The van der Waals surface area contributed by atoms with Crippen LogP contribution in [0.3, 0.4) is 0 Å². The molecule has 6 nitrogen and oxygen atoms in total. The molecular formula is C18H21N3O3S. The van der Waals surface area contributed by atoms with E-state index in [4.69, 9.17) is 0 Å². The number of benzene rings is 1. The van der Waals surface area contributed by atoms with Crippen molar-refractivity contribution in [2.75, 3.05) is 16.8 Å². The quantitative estimate of drug-likeness (QED) is 0.875. The summed E-state index contributed by atoms with van der Waals surface area (Å²) in [4.78, 5) is 16.4. The standard InChI is InChI=1S/C18H21N3O3S/c1-12-4-3-5-16(13(12)2)20-14-6-7-17(19-10-14)18(22)21-15-8-9-25(23,24)11-15/h3-7,10,15,20H,8-9,11H2,1-2H3,(H,21,22). The lowest BCUT2D eigenvalue weighted by atomic mass is 10.1. The predicted molar refractivity (Wildman–Crippen MR) is 98.0 cm³/mol. The van der Waals surface area contributed by atoms with Crippen LogP contribution in [0.25, 0.3) is 0 Å². The zero-order valence-corrected chi connectivity index (χ0v) is 15.1. The molecule has 1 saturated heterocycles. The van der Waals surface area contributed by atoms with E-state index in [0.29, 0.717) is 6.42 Å². The number of hydrogen-bond acceptors (Lipinski definition) is 5. The Morgan fingerprint density at radius 3 is 2.64 bits per heavy atom. The van der Waals surface area contributed by atoms with Gasteiger partial charge in [-0.1, -0.05) is 12.1 Å². The Morgan fingerprint density at radius 1 is 1.20 bits per heavy atom. The van der Waals surface area contributed by atoms with E-state index in [1.165, 1.54) is 5.56 Å². The highest BCUT2D eigenvalue weighted by Crippen LogP contribution is 2.22. The molecule has 1 aliphatic rings. The van der Waals surface area contributed by atoms with Gasteiger partial charge in [-0.3, -0.25) is 4.79 Å². The summed E-state index contributed by atoms with van der Waals surface area (Å²) in [7, 11) is -3.02. The number of rotatable bonds is 4. The highest BCUT2D eigenvalue weighted by atomic mass is 32.2. The summed E-state index contributed by atoms with van der Waals surface area (Å²) in [5, 5.41) is 6.03. The molecule has 0 aliphatic carbocycles. The second-order valence-electron chi connectivity index (χ2n) is 6.38. The molecule has 2 aromatic rings. The molecule has 3 rings (SSSR count). The van der Waals surface area contributed by atoms with Crippen molar-refractivity contribution in [1.29, 1.82) is 0 Å². The fraction of sp³-hybridized carbons (Fsp3) is 0.333. The number of carbonyl (C=O) groups is 1. The van der Waals surface area contributed by atoms with Gasteiger partial charge in [0, 0.05) is 11.7 Å². The van der Waals surface area contributed by atoms with Crippen LogP contribution in [-0.4, -0.2) is 36.9 Å². The molecule has 132 valence electrons. The second-order valence-corrected chi connectivity index (χ2v) is 8.61. The summed E-state index contributed by atoms with van der Waals surface area (Å²) in [6.45, 7) is 4.10. The van der Waals surface area contributed by atoms with E-state index in [2.05, 4.69) is 28.6 Å². The maximum atomic E-state index is 12.2. The maximum absolute atomic E-state index is 12.2. The van der Waals surface area contributed by atoms with Gasteiger partial charge in [0.1, 0.15) is 5.69 Å². The van der Waals surface area contributed by atoms with Crippen molar-refractivity contribution in [2.24, 2.45) is 0 Å². The van der Waals surface area contributed by atoms with E-state index >= 15 is 0 Å². The minimum Gasteiger partial charge on any atom is -0.354 e. The summed E-state index contributed by atoms with van der Waals surface area (Å²) >= 11 is 0. The highest BCUT2D eigenvalue weighted by molar-refractivity contribution is 7.91. The molecule has 1 aliphatic heterocycles. The molecular weight excluding hydrogens is 338 g/mol. The minimum atomic E-state index is -3.02. The number of sulfone groups is 1. The van der Waals surface area contributed by atoms with E-state index in [1.807, 2.05) is 19.1 Å². The third kappa shape index (κ3) is 4.17. The van der Waals surface area contributed by atoms with Crippen LogP contribution in [0.1, 0.15) is 28.0 Å². The second kappa shape index (κ2) is 6.84. The van der Waals surface area contributed by atoms with Crippen molar-refractivity contribution in [1.82, 2.24) is 10.3 Å². The Bertz CT molecular complexity index is 892. The summed E-state index contributed by atoms with van der Waals surface area (Å²) in [6.07, 6.45) is 2.06. The Kier molecular flexibility index (Phi) is 4.76. The predicted octanol–water partition coefficient (Wildman–Crippen LogP) is 2.36. The van der Waals surface area contributed by atoms with Crippen LogP contribution in [0.15, 0.2) is 36.5 Å². The van der Waals surface area contributed by atoms with Gasteiger partial charge in [-0.15, -0.1) is 0 Å². The molecule has 1 aromatic carbocycles. The van der Waals surface area contributed by atoms with Crippen molar-refractivity contribution in [3.63, 3.8) is 0 Å². The third-order valence-corrected chi connectivity index (χ3v) is 6.22. The molecule has 2 N–H and O–H groups in total. The van der Waals surface area contributed by atoms with Gasteiger partial charge in [0.15, 0.2) is 9.84 Å². The first kappa shape index (κ1) is 17.4. The van der Waals surface area contributed by atoms with Crippen molar-refractivity contribution in [3.05, 3.63) is 53.3 Å². The molecule has 1 aromatic heterocycles. The molecule has 0 spiro atoms. The van der Waals surface area contributed by atoms with Gasteiger partial charge < -0.3 is 10.6 Å². The van der Waals surface area contributed by atoms with E-state index in [9.17, 15) is 13.2 Å². The van der Waals surface area contributed by atoms with E-state index < -0.39 is 9.84 Å². The third-order valence-electron chi connectivity index (χ3n) is 4.45. The molecule has 2 heterocycles. The van der Waals surface area contributed by atoms with Gasteiger partial charge in [-0.25, -0.2) is 13.4 Å². The van der Waals surface area contributed by atoms with Crippen molar-refractivity contribution in [3.8, 4) is 0 Å². The number of aromatic nitrogens is 1. The summed E-state index contributed by atoms with van der Waals surface area (Å²) in [6, 6.07) is 9.11. The number of amides is 1. The fourth-order valence-electron chi connectivity index (χ4n) is 2.81. The first-order chi connectivity index (χ1) is 11.8. The zero-order valence-electron chi connectivity index (χ0n) is 14.2. The number of hydrogen-bond donors (Lipinski definition) is 2. The van der Waals surface area contributed by atoms with Gasteiger partial charge in [0.25, 0.3) is 5.91 Å². The topological polar surface area (TPSA) is 88.2 Å². The van der Waals surface area contributed by atoms with Crippen molar-refractivity contribution in [2.45, 2.75) is 26.3 Å². The smallest absolute Gasteiger partial charge is 0.270 e. The van der Waals surface area contributed by atoms with Gasteiger partial charge in [0.2, 0.25) is 0 Å². The Hall–Kier alpha value is -2.41. The zero-order chi connectivity index (χ0) is 18.0. The van der Waals surface area contributed by atoms with Gasteiger partial charge in [0.05, 0.1) is 23.4 Å². The van der Waals surface area contributed by atoms with Crippen LogP contribution < -0.4 is 10.6 Å². The number of aryl methyl sites for hydroxylation is 1. The Balaban J connectivity index is 1.66. The van der Waals surface area contributed by atoms with Crippen LogP contribution in [0.4, 0.5) is 11.4 Å². The first-order valence-electron chi connectivity index (χ1n) is 8.15. The van der Waals surface area contributed by atoms with Gasteiger partial charge >= 0.3 is 0 Å². The van der Waals surface area contributed by atoms with Gasteiger partial charge in [-0.05, 0) is 49.6 Å². The lowest BCUT2D eigenvalue weighted by Gasteiger charge is -2.12. The number of nitrogens with zero attached hydrogens (tertiary/aromatic N) is 1. The molecule has 0 bridgehead atoms. The average molecular weight is 359 g/mol. The van der Waals surface area contributed by atoms with Crippen molar-refractivity contribution < 1.29 is 13.2 Å². The monoisotopic (exact) mass is 359 g/mol. The molecule has 0 radical (unpaired) electrons. The lowest BCUT2D eigenvalue weighted by molar-refractivity contribution is 0.0936. The van der Waals surface area contributed by atoms with Gasteiger partial charge in [-0.2, -0.15) is 0 Å². The average Bonchev–Trinajstić information content (AvgIpc) is 2.91. The van der Waals surface area contributed by atoms with Crippen LogP contribution in [0.5, 0.6) is 0 Å². The normalized spacial score (nSPS) is 18.7. The van der Waals surface area contributed by atoms with E-state index in [1.54, 1.807) is 18.3 Å². The summed E-state index contributed by atoms with van der Waals surface area (Å²) in [5.41, 5.74) is 4.41. The van der Waals surface area contributed by atoms with E-state index in [-0.39, 0.29) is 29.1 Å². The van der Waals surface area contributed by atoms with E-state index in [0.717, 1.165) is 16.9 Å². The summed E-state index contributed by atoms with van der Waals surface area (Å²) in [5.74, 6) is -0.213. The number of carbonyl (C=O) groups excluding carboxylic acids is 1. The molecule has 1 unspecified atom stereocenters. The first-order valence-corrected chi connectivity index (χ1v) is 9.97. The number of pyridine rings is 1. The SMILES string of the molecule is Cc1cccc(Nc2ccc(C(=O)NC3CCS(=O)(=O)C3)nc2)c1C. The molecule has 7 heteroatoms. The molecule has 1 atom stereocenters. The molecule has 0 saturated carbocycles. The van der Waals surface area contributed by atoms with Crippen LogP contribution in [0, 0.1) is 13.8 Å². The van der Waals surface area contributed by atoms with Crippen molar-refractivity contribution >= 4 is 27.1 Å². The fourth-order valence-corrected chi connectivity index (χ4v) is 4.49. The highest BCUT2D eigenvalue weighted by Gasteiger charge is 2.29. The Labute approximate surface area is 147 Å². The molecule has 25 heavy (non-hydrogen) atoms. The number of anilines is 2. The largest absolute Gasteiger partial charge is 0.354 e. The molecule has 1 amide bonds. The summed E-state index contributed by atoms with van der Waals surface area (Å²) < 4.78 is 22.9. The number of nitrogens with one attached hydrogen (secondary N) is 2. The lowest BCUT2D eigenvalue weighted by Crippen LogP contribution is -2.36. The van der Waals surface area contributed by atoms with Crippen LogP contribution >= 0.6 is 0 Å².